The fraction of sp³-hybridized carbons (Fsp3) is 0.500. The zero-order chi connectivity index (χ0) is 13.6. The van der Waals surface area contributed by atoms with Gasteiger partial charge in [0.2, 0.25) is 10.0 Å². The molecule has 1 unspecified atom stereocenters. The van der Waals surface area contributed by atoms with Crippen LogP contribution in [-0.2, 0) is 10.0 Å². The molecule has 0 saturated heterocycles. The first-order valence-corrected chi connectivity index (χ1v) is 7.48. The highest BCUT2D eigenvalue weighted by Gasteiger charge is 2.11. The Hall–Kier alpha value is -1.27. The van der Waals surface area contributed by atoms with Crippen LogP contribution in [0.15, 0.2) is 24.3 Å². The van der Waals surface area contributed by atoms with E-state index in [-0.39, 0.29) is 11.7 Å². The summed E-state index contributed by atoms with van der Waals surface area (Å²) in [6.07, 6.45) is 0. The summed E-state index contributed by atoms with van der Waals surface area (Å²) in [6, 6.07) is 7.19. The van der Waals surface area contributed by atoms with Gasteiger partial charge in [-0.15, -0.1) is 0 Å². The molecule has 0 saturated carbocycles. The van der Waals surface area contributed by atoms with Crippen molar-refractivity contribution >= 4 is 10.0 Å². The van der Waals surface area contributed by atoms with Crippen molar-refractivity contribution < 1.29 is 17.9 Å². The Labute approximate surface area is 108 Å². The number of ether oxygens (including phenoxy) is 2. The maximum Gasteiger partial charge on any atom is 0.209 e. The molecule has 1 rings (SSSR count). The van der Waals surface area contributed by atoms with Crippen LogP contribution >= 0.6 is 0 Å². The summed E-state index contributed by atoms with van der Waals surface area (Å²) in [4.78, 5) is 0. The first kappa shape index (κ1) is 14.8. The smallest absolute Gasteiger partial charge is 0.209 e. The molecule has 2 N–H and O–H groups in total. The van der Waals surface area contributed by atoms with Crippen molar-refractivity contribution in [3.63, 3.8) is 0 Å². The van der Waals surface area contributed by atoms with Crippen LogP contribution in [0.1, 0.15) is 13.8 Å². The Bertz CT molecular complexity index is 455. The number of sulfonamides is 1. The van der Waals surface area contributed by atoms with Gasteiger partial charge in [-0.2, -0.15) is 0 Å². The highest BCUT2D eigenvalue weighted by molar-refractivity contribution is 7.89. The fourth-order valence-corrected chi connectivity index (χ4v) is 2.37. The van der Waals surface area contributed by atoms with Crippen LogP contribution in [0.25, 0.3) is 0 Å². The standard InChI is InChI=1S/C12H19NO4S/c1-3-16-11-4-6-12(7-5-11)17-8-10(2)9-18(13,14)15/h4-7,10H,3,8-9H2,1-2H3,(H2,13,14,15). The normalized spacial score (nSPS) is 13.1. The lowest BCUT2D eigenvalue weighted by molar-refractivity contribution is 0.271. The minimum absolute atomic E-state index is 0.0793. The third-order valence-corrected chi connectivity index (χ3v) is 3.22. The summed E-state index contributed by atoms with van der Waals surface area (Å²) in [5.74, 6) is 1.23. The average Bonchev–Trinajstić information content (AvgIpc) is 2.26. The van der Waals surface area contributed by atoms with Crippen molar-refractivity contribution in [3.8, 4) is 11.5 Å². The molecule has 18 heavy (non-hydrogen) atoms. The van der Waals surface area contributed by atoms with Crippen LogP contribution in [0.5, 0.6) is 11.5 Å². The van der Waals surface area contributed by atoms with Crippen molar-refractivity contribution in [1.29, 1.82) is 0 Å². The lowest BCUT2D eigenvalue weighted by atomic mass is 10.2. The van der Waals surface area contributed by atoms with E-state index < -0.39 is 10.0 Å². The predicted octanol–water partition coefficient (Wildman–Crippen LogP) is 1.39. The first-order chi connectivity index (χ1) is 8.40. The van der Waals surface area contributed by atoms with Gasteiger partial charge in [0, 0.05) is 5.92 Å². The van der Waals surface area contributed by atoms with E-state index in [1.807, 2.05) is 19.1 Å². The van der Waals surface area contributed by atoms with Gasteiger partial charge in [-0.1, -0.05) is 6.92 Å². The van der Waals surface area contributed by atoms with Crippen LogP contribution in [0, 0.1) is 5.92 Å². The molecule has 1 atom stereocenters. The molecule has 1 aromatic rings. The van der Waals surface area contributed by atoms with Crippen LogP contribution in [0.4, 0.5) is 0 Å². The SMILES string of the molecule is CCOc1ccc(OCC(C)CS(N)(=O)=O)cc1. The van der Waals surface area contributed by atoms with Crippen molar-refractivity contribution in [2.45, 2.75) is 13.8 Å². The minimum Gasteiger partial charge on any atom is -0.494 e. The van der Waals surface area contributed by atoms with Crippen molar-refractivity contribution in [2.24, 2.45) is 11.1 Å². The topological polar surface area (TPSA) is 78.6 Å². The van der Waals surface area contributed by atoms with Crippen LogP contribution in [-0.4, -0.2) is 27.4 Å². The largest absolute Gasteiger partial charge is 0.494 e. The molecule has 0 aliphatic heterocycles. The highest BCUT2D eigenvalue weighted by Crippen LogP contribution is 2.18. The van der Waals surface area contributed by atoms with Crippen molar-refractivity contribution in [2.75, 3.05) is 19.0 Å². The Morgan fingerprint density at radius 1 is 1.17 bits per heavy atom. The molecular weight excluding hydrogens is 254 g/mol. The fourth-order valence-electron chi connectivity index (χ4n) is 1.48. The van der Waals surface area contributed by atoms with Gasteiger partial charge in [0.15, 0.2) is 0 Å². The van der Waals surface area contributed by atoms with Gasteiger partial charge >= 0.3 is 0 Å². The molecule has 0 heterocycles. The second-order valence-corrected chi connectivity index (χ2v) is 5.81. The molecular formula is C12H19NO4S. The summed E-state index contributed by atoms with van der Waals surface area (Å²) in [6.45, 7) is 4.62. The molecule has 0 aromatic heterocycles. The molecule has 0 spiro atoms. The number of primary sulfonamides is 1. The van der Waals surface area contributed by atoms with E-state index in [9.17, 15) is 8.42 Å². The third-order valence-electron chi connectivity index (χ3n) is 2.19. The molecule has 0 radical (unpaired) electrons. The molecule has 1 aromatic carbocycles. The quantitative estimate of drug-likeness (QED) is 0.814. The van der Waals surface area contributed by atoms with E-state index in [4.69, 9.17) is 14.6 Å². The second kappa shape index (κ2) is 6.61. The average molecular weight is 273 g/mol. The third kappa shape index (κ3) is 5.88. The number of rotatable bonds is 7. The van der Waals surface area contributed by atoms with Crippen LogP contribution in [0.2, 0.25) is 0 Å². The Balaban J connectivity index is 2.43. The molecule has 0 amide bonds. The first-order valence-electron chi connectivity index (χ1n) is 5.77. The van der Waals surface area contributed by atoms with E-state index in [0.29, 0.717) is 19.0 Å². The summed E-state index contributed by atoms with van der Waals surface area (Å²) in [5, 5.41) is 4.96. The molecule has 0 aliphatic carbocycles. The van der Waals surface area contributed by atoms with Gasteiger partial charge in [-0.25, -0.2) is 13.6 Å². The Kier molecular flexibility index (Phi) is 5.43. The zero-order valence-corrected chi connectivity index (χ0v) is 11.4. The number of benzene rings is 1. The number of nitrogens with two attached hydrogens (primary N) is 1. The Morgan fingerprint density at radius 2 is 1.67 bits per heavy atom. The van der Waals surface area contributed by atoms with Gasteiger partial charge in [0.1, 0.15) is 11.5 Å². The molecule has 0 aliphatic rings. The van der Waals surface area contributed by atoms with Gasteiger partial charge in [-0.05, 0) is 31.2 Å². The summed E-state index contributed by atoms with van der Waals surface area (Å²) < 4.78 is 32.5. The maximum atomic E-state index is 10.9. The van der Waals surface area contributed by atoms with Gasteiger partial charge < -0.3 is 9.47 Å². The van der Waals surface area contributed by atoms with Crippen molar-refractivity contribution in [1.82, 2.24) is 0 Å². The highest BCUT2D eigenvalue weighted by atomic mass is 32.2. The predicted molar refractivity (Wildman–Crippen MR) is 70.2 cm³/mol. The lowest BCUT2D eigenvalue weighted by Crippen LogP contribution is -2.25. The maximum absolute atomic E-state index is 10.9. The van der Waals surface area contributed by atoms with E-state index >= 15 is 0 Å². The van der Waals surface area contributed by atoms with Crippen LogP contribution < -0.4 is 14.6 Å². The molecule has 102 valence electrons. The molecule has 0 fully saturated rings. The van der Waals surface area contributed by atoms with E-state index in [1.165, 1.54) is 0 Å². The van der Waals surface area contributed by atoms with Gasteiger partial charge in [-0.3, -0.25) is 0 Å². The van der Waals surface area contributed by atoms with Crippen molar-refractivity contribution in [3.05, 3.63) is 24.3 Å². The summed E-state index contributed by atoms with van der Waals surface area (Å²) in [5.41, 5.74) is 0. The summed E-state index contributed by atoms with van der Waals surface area (Å²) >= 11 is 0. The minimum atomic E-state index is -3.44. The zero-order valence-electron chi connectivity index (χ0n) is 10.6. The number of hydrogen-bond acceptors (Lipinski definition) is 4. The Morgan fingerprint density at radius 3 is 2.11 bits per heavy atom. The van der Waals surface area contributed by atoms with E-state index in [0.717, 1.165) is 5.75 Å². The molecule has 6 heteroatoms. The van der Waals surface area contributed by atoms with E-state index in [2.05, 4.69) is 0 Å². The molecule has 5 nitrogen and oxygen atoms in total. The van der Waals surface area contributed by atoms with Gasteiger partial charge in [0.05, 0.1) is 19.0 Å². The number of hydrogen-bond donors (Lipinski definition) is 1. The lowest BCUT2D eigenvalue weighted by Gasteiger charge is -2.12. The summed E-state index contributed by atoms with van der Waals surface area (Å²) in [7, 11) is -3.44. The van der Waals surface area contributed by atoms with Gasteiger partial charge in [0.25, 0.3) is 0 Å². The molecule has 0 bridgehead atoms. The van der Waals surface area contributed by atoms with E-state index in [1.54, 1.807) is 19.1 Å². The van der Waals surface area contributed by atoms with Crippen LogP contribution in [0.3, 0.4) is 0 Å². The monoisotopic (exact) mass is 273 g/mol. The second-order valence-electron chi connectivity index (χ2n) is 4.15.